The topological polar surface area (TPSA) is 22.1 Å². The molecule has 0 aromatic carbocycles. The molecule has 0 radical (unpaired) electrons. The fraction of sp³-hybridized carbons (Fsp3) is 0.545. The lowest BCUT2D eigenvalue weighted by molar-refractivity contribution is 0.215. The minimum Gasteiger partial charge on any atom is -0.490 e. The first kappa shape index (κ1) is 11.3. The van der Waals surface area contributed by atoms with Gasteiger partial charge in [0.25, 0.3) is 0 Å². The highest BCUT2D eigenvalue weighted by molar-refractivity contribution is 6.17. The van der Waals surface area contributed by atoms with Crippen molar-refractivity contribution in [1.82, 2.24) is 4.98 Å². The number of rotatable bonds is 4. The summed E-state index contributed by atoms with van der Waals surface area (Å²) in [6, 6.07) is 1.93. The summed E-state index contributed by atoms with van der Waals surface area (Å²) in [6.07, 6.45) is 2.99. The SMILES string of the molecule is CCC(C)Oc1cc(C)ncc1CCl. The Kier molecular flexibility index (Phi) is 4.21. The van der Waals surface area contributed by atoms with Crippen molar-refractivity contribution in [3.05, 3.63) is 23.5 Å². The van der Waals surface area contributed by atoms with Crippen molar-refractivity contribution in [2.75, 3.05) is 0 Å². The monoisotopic (exact) mass is 213 g/mol. The number of nitrogens with zero attached hydrogens (tertiary/aromatic N) is 1. The van der Waals surface area contributed by atoms with Crippen LogP contribution < -0.4 is 4.74 Å². The molecule has 1 aromatic rings. The molecular formula is C11H16ClNO. The lowest BCUT2D eigenvalue weighted by atomic mass is 10.2. The molecule has 0 aliphatic heterocycles. The Hall–Kier alpha value is -0.760. The maximum absolute atomic E-state index is 5.79. The summed E-state index contributed by atoms with van der Waals surface area (Å²) in [6.45, 7) is 6.09. The number of hydrogen-bond acceptors (Lipinski definition) is 2. The molecule has 0 aliphatic rings. The van der Waals surface area contributed by atoms with Gasteiger partial charge >= 0.3 is 0 Å². The summed E-state index contributed by atoms with van der Waals surface area (Å²) in [5.74, 6) is 1.31. The third-order valence-electron chi connectivity index (χ3n) is 2.13. The van der Waals surface area contributed by atoms with E-state index >= 15 is 0 Å². The summed E-state index contributed by atoms with van der Waals surface area (Å²) in [5, 5.41) is 0. The highest BCUT2D eigenvalue weighted by atomic mass is 35.5. The van der Waals surface area contributed by atoms with Crippen LogP contribution in [0.3, 0.4) is 0 Å². The molecule has 0 N–H and O–H groups in total. The first-order valence-corrected chi connectivity index (χ1v) is 5.39. The average molecular weight is 214 g/mol. The minimum atomic E-state index is 0.221. The smallest absolute Gasteiger partial charge is 0.127 e. The van der Waals surface area contributed by atoms with Gasteiger partial charge < -0.3 is 4.74 Å². The van der Waals surface area contributed by atoms with Crippen molar-refractivity contribution < 1.29 is 4.74 Å². The Morgan fingerprint density at radius 1 is 1.57 bits per heavy atom. The predicted octanol–water partition coefficient (Wildman–Crippen LogP) is 3.31. The van der Waals surface area contributed by atoms with Gasteiger partial charge in [0.15, 0.2) is 0 Å². The van der Waals surface area contributed by atoms with Crippen LogP contribution in [0.4, 0.5) is 0 Å². The van der Waals surface area contributed by atoms with Gasteiger partial charge in [0.05, 0.1) is 12.0 Å². The number of alkyl halides is 1. The summed E-state index contributed by atoms with van der Waals surface area (Å²) >= 11 is 5.79. The molecule has 0 saturated carbocycles. The average Bonchev–Trinajstić information content (AvgIpc) is 2.18. The van der Waals surface area contributed by atoms with Gasteiger partial charge in [-0.3, -0.25) is 4.98 Å². The van der Waals surface area contributed by atoms with Crippen LogP contribution in [0.5, 0.6) is 5.75 Å². The van der Waals surface area contributed by atoms with E-state index in [1.165, 1.54) is 0 Å². The van der Waals surface area contributed by atoms with E-state index in [0.717, 1.165) is 23.4 Å². The second-order valence-electron chi connectivity index (χ2n) is 3.40. The van der Waals surface area contributed by atoms with Crippen LogP contribution in [-0.4, -0.2) is 11.1 Å². The van der Waals surface area contributed by atoms with E-state index in [-0.39, 0.29) is 6.10 Å². The second kappa shape index (κ2) is 5.20. The highest BCUT2D eigenvalue weighted by Crippen LogP contribution is 2.22. The van der Waals surface area contributed by atoms with Gasteiger partial charge in [0.2, 0.25) is 0 Å². The lowest BCUT2D eigenvalue weighted by Crippen LogP contribution is -2.11. The van der Waals surface area contributed by atoms with Crippen molar-refractivity contribution in [3.8, 4) is 5.75 Å². The van der Waals surface area contributed by atoms with E-state index in [9.17, 15) is 0 Å². The minimum absolute atomic E-state index is 0.221. The fourth-order valence-corrected chi connectivity index (χ4v) is 1.27. The normalized spacial score (nSPS) is 12.6. The van der Waals surface area contributed by atoms with Crippen LogP contribution in [-0.2, 0) is 5.88 Å². The molecule has 1 atom stereocenters. The number of aryl methyl sites for hydroxylation is 1. The van der Waals surface area contributed by atoms with Crippen LogP contribution in [0.25, 0.3) is 0 Å². The molecule has 1 heterocycles. The summed E-state index contributed by atoms with van der Waals surface area (Å²) in [7, 11) is 0. The zero-order chi connectivity index (χ0) is 10.6. The molecule has 1 unspecified atom stereocenters. The van der Waals surface area contributed by atoms with Crippen molar-refractivity contribution >= 4 is 11.6 Å². The van der Waals surface area contributed by atoms with E-state index in [2.05, 4.69) is 11.9 Å². The number of ether oxygens (including phenoxy) is 1. The molecule has 0 spiro atoms. The largest absolute Gasteiger partial charge is 0.490 e. The van der Waals surface area contributed by atoms with E-state index in [0.29, 0.717) is 5.88 Å². The van der Waals surface area contributed by atoms with Crippen molar-refractivity contribution in [2.24, 2.45) is 0 Å². The van der Waals surface area contributed by atoms with Crippen LogP contribution in [0.1, 0.15) is 31.5 Å². The third-order valence-corrected chi connectivity index (χ3v) is 2.42. The molecule has 1 aromatic heterocycles. The van der Waals surface area contributed by atoms with Gasteiger partial charge in [0.1, 0.15) is 5.75 Å². The molecule has 1 rings (SSSR count). The predicted molar refractivity (Wildman–Crippen MR) is 58.9 cm³/mol. The number of aromatic nitrogens is 1. The van der Waals surface area contributed by atoms with Gasteiger partial charge in [-0.2, -0.15) is 0 Å². The summed E-state index contributed by atoms with van der Waals surface area (Å²) < 4.78 is 5.74. The quantitative estimate of drug-likeness (QED) is 0.716. The van der Waals surface area contributed by atoms with E-state index in [1.54, 1.807) is 6.20 Å². The standard InChI is InChI=1S/C11H16ClNO/c1-4-9(3)14-11-5-8(2)13-7-10(11)6-12/h5,7,9H,4,6H2,1-3H3. The van der Waals surface area contributed by atoms with Gasteiger partial charge in [-0.05, 0) is 20.3 Å². The molecule has 14 heavy (non-hydrogen) atoms. The van der Waals surface area contributed by atoms with Crippen LogP contribution >= 0.6 is 11.6 Å². The number of halogens is 1. The first-order chi connectivity index (χ1) is 6.67. The Labute approximate surface area is 90.3 Å². The zero-order valence-electron chi connectivity index (χ0n) is 8.88. The van der Waals surface area contributed by atoms with Crippen molar-refractivity contribution in [2.45, 2.75) is 39.2 Å². The fourth-order valence-electron chi connectivity index (χ4n) is 1.07. The first-order valence-electron chi connectivity index (χ1n) is 4.85. The Balaban J connectivity index is 2.87. The van der Waals surface area contributed by atoms with E-state index in [1.807, 2.05) is 19.9 Å². The van der Waals surface area contributed by atoms with Crippen LogP contribution in [0.15, 0.2) is 12.3 Å². The van der Waals surface area contributed by atoms with Gasteiger partial charge in [0, 0.05) is 23.5 Å². The van der Waals surface area contributed by atoms with Gasteiger partial charge in [-0.15, -0.1) is 11.6 Å². The molecule has 0 amide bonds. The molecule has 3 heteroatoms. The third kappa shape index (κ3) is 2.88. The maximum atomic E-state index is 5.79. The molecular weight excluding hydrogens is 198 g/mol. The van der Waals surface area contributed by atoms with Gasteiger partial charge in [-0.1, -0.05) is 6.92 Å². The summed E-state index contributed by atoms with van der Waals surface area (Å²) in [4.78, 5) is 4.18. The molecule has 0 fully saturated rings. The van der Waals surface area contributed by atoms with E-state index in [4.69, 9.17) is 16.3 Å². The highest BCUT2D eigenvalue weighted by Gasteiger charge is 2.07. The van der Waals surface area contributed by atoms with E-state index < -0.39 is 0 Å². The molecule has 0 aliphatic carbocycles. The molecule has 78 valence electrons. The van der Waals surface area contributed by atoms with Crippen LogP contribution in [0, 0.1) is 6.92 Å². The zero-order valence-corrected chi connectivity index (χ0v) is 9.64. The van der Waals surface area contributed by atoms with Crippen molar-refractivity contribution in [3.63, 3.8) is 0 Å². The number of hydrogen-bond donors (Lipinski definition) is 0. The Morgan fingerprint density at radius 2 is 2.29 bits per heavy atom. The molecule has 2 nitrogen and oxygen atoms in total. The second-order valence-corrected chi connectivity index (χ2v) is 3.67. The van der Waals surface area contributed by atoms with Crippen LogP contribution in [0.2, 0.25) is 0 Å². The molecule has 0 bridgehead atoms. The van der Waals surface area contributed by atoms with Crippen molar-refractivity contribution in [1.29, 1.82) is 0 Å². The van der Waals surface area contributed by atoms with Gasteiger partial charge in [-0.25, -0.2) is 0 Å². The number of pyridine rings is 1. The Morgan fingerprint density at radius 3 is 2.86 bits per heavy atom. The summed E-state index contributed by atoms with van der Waals surface area (Å²) in [5.41, 5.74) is 1.91. The Bertz CT molecular complexity index is 301. The maximum Gasteiger partial charge on any atom is 0.127 e. The molecule has 0 saturated heterocycles. The lowest BCUT2D eigenvalue weighted by Gasteiger charge is -2.15.